The van der Waals surface area contributed by atoms with Crippen LogP contribution in [0.1, 0.15) is 206 Å². The molecule has 3 atom stereocenters. The first kappa shape index (κ1) is 44.3. The van der Waals surface area contributed by atoms with Gasteiger partial charge in [0, 0.05) is 0 Å². The summed E-state index contributed by atoms with van der Waals surface area (Å²) in [5.74, 6) is -1.44. The quantitative estimate of drug-likeness (QED) is 0.0396. The summed E-state index contributed by atoms with van der Waals surface area (Å²) < 4.78 is 32.3. The van der Waals surface area contributed by atoms with E-state index in [1.807, 2.05) is 0 Å². The van der Waals surface area contributed by atoms with E-state index < -0.39 is 40.0 Å². The fourth-order valence-electron chi connectivity index (χ4n) is 6.17. The van der Waals surface area contributed by atoms with Crippen LogP contribution < -0.4 is 5.32 Å². The van der Waals surface area contributed by atoms with Gasteiger partial charge < -0.3 is 15.5 Å². The summed E-state index contributed by atoms with van der Waals surface area (Å²) in [5, 5.41) is 23.4. The minimum atomic E-state index is -4.39. The highest BCUT2D eigenvalue weighted by Crippen LogP contribution is 2.16. The van der Waals surface area contributed by atoms with Crippen LogP contribution in [-0.4, -0.2) is 53.1 Å². The molecule has 0 fully saturated rings. The molecule has 270 valence electrons. The van der Waals surface area contributed by atoms with Crippen molar-refractivity contribution in [2.24, 2.45) is 0 Å². The van der Waals surface area contributed by atoms with Crippen molar-refractivity contribution in [1.29, 1.82) is 0 Å². The van der Waals surface area contributed by atoms with Crippen molar-refractivity contribution in [3.05, 3.63) is 0 Å². The summed E-state index contributed by atoms with van der Waals surface area (Å²) in [6, 6.07) is -1.14. The minimum absolute atomic E-state index is 0.303. The molecule has 8 heteroatoms. The van der Waals surface area contributed by atoms with Crippen molar-refractivity contribution in [2.75, 3.05) is 5.75 Å². The monoisotopic (exact) mass is 662 g/mol. The Morgan fingerprint density at radius 2 is 0.800 bits per heavy atom. The lowest BCUT2D eigenvalue weighted by atomic mass is 10.0. The Morgan fingerprint density at radius 3 is 1.11 bits per heavy atom. The van der Waals surface area contributed by atoms with Crippen molar-refractivity contribution in [3.8, 4) is 0 Å². The molecule has 0 bridgehead atoms. The van der Waals surface area contributed by atoms with Crippen LogP contribution >= 0.6 is 0 Å². The molecule has 0 heterocycles. The molecule has 4 N–H and O–H groups in total. The Hall–Kier alpha value is -0.700. The third-order valence-corrected chi connectivity index (χ3v) is 9.95. The first-order valence-corrected chi connectivity index (χ1v) is 20.9. The number of carbonyl (C=O) groups is 1. The maximum Gasteiger partial charge on any atom is 0.266 e. The molecular formula is C37H75NO6S. The third kappa shape index (κ3) is 31.7. The smallest absolute Gasteiger partial charge is 0.266 e. The lowest BCUT2D eigenvalue weighted by molar-refractivity contribution is -0.131. The van der Waals surface area contributed by atoms with E-state index in [-0.39, 0.29) is 0 Å². The van der Waals surface area contributed by atoms with Crippen LogP contribution in [-0.2, 0) is 14.9 Å². The van der Waals surface area contributed by atoms with Crippen LogP contribution in [0.15, 0.2) is 0 Å². The molecule has 0 aliphatic carbocycles. The highest BCUT2D eigenvalue weighted by molar-refractivity contribution is 7.85. The number of aliphatic hydroxyl groups is 2. The van der Waals surface area contributed by atoms with Gasteiger partial charge in [-0.15, -0.1) is 0 Å². The number of nitrogens with one attached hydrogen (secondary N) is 1. The third-order valence-electron chi connectivity index (χ3n) is 9.17. The zero-order valence-corrected chi connectivity index (χ0v) is 30.4. The Labute approximate surface area is 279 Å². The second-order valence-corrected chi connectivity index (χ2v) is 15.2. The van der Waals surface area contributed by atoms with E-state index >= 15 is 0 Å². The van der Waals surface area contributed by atoms with Crippen molar-refractivity contribution in [3.63, 3.8) is 0 Å². The molecule has 45 heavy (non-hydrogen) atoms. The first-order valence-electron chi connectivity index (χ1n) is 19.3. The number of carbonyl (C=O) groups excluding carboxylic acids is 1. The van der Waals surface area contributed by atoms with E-state index in [2.05, 4.69) is 19.2 Å². The summed E-state index contributed by atoms with van der Waals surface area (Å²) >= 11 is 0. The van der Waals surface area contributed by atoms with Gasteiger partial charge in [-0.2, -0.15) is 8.42 Å². The van der Waals surface area contributed by atoms with Crippen molar-refractivity contribution < 1.29 is 28.0 Å². The molecule has 1 amide bonds. The molecule has 0 saturated carbocycles. The van der Waals surface area contributed by atoms with Crippen LogP contribution in [0.25, 0.3) is 0 Å². The van der Waals surface area contributed by atoms with E-state index in [0.29, 0.717) is 12.8 Å². The van der Waals surface area contributed by atoms with Gasteiger partial charge in [-0.05, 0) is 12.8 Å². The number of unbranched alkanes of at least 4 members (excludes halogenated alkanes) is 26. The van der Waals surface area contributed by atoms with Gasteiger partial charge in [-0.3, -0.25) is 9.35 Å². The van der Waals surface area contributed by atoms with Gasteiger partial charge in [0.25, 0.3) is 10.1 Å². The van der Waals surface area contributed by atoms with Gasteiger partial charge >= 0.3 is 0 Å². The van der Waals surface area contributed by atoms with Crippen LogP contribution in [0.3, 0.4) is 0 Å². The van der Waals surface area contributed by atoms with Crippen LogP contribution in [0, 0.1) is 0 Å². The van der Waals surface area contributed by atoms with Gasteiger partial charge in [0.1, 0.15) is 6.10 Å². The second-order valence-electron chi connectivity index (χ2n) is 13.7. The maximum atomic E-state index is 12.5. The molecule has 0 spiro atoms. The maximum absolute atomic E-state index is 12.5. The first-order chi connectivity index (χ1) is 21.7. The molecular weight excluding hydrogens is 586 g/mol. The average molecular weight is 662 g/mol. The number of aliphatic hydroxyl groups excluding tert-OH is 2. The van der Waals surface area contributed by atoms with Gasteiger partial charge in [0.2, 0.25) is 5.91 Å². The summed E-state index contributed by atoms with van der Waals surface area (Å²) in [6.45, 7) is 4.46. The molecule has 0 rings (SSSR count). The van der Waals surface area contributed by atoms with Crippen molar-refractivity contribution >= 4 is 16.0 Å². The zero-order chi connectivity index (χ0) is 33.4. The summed E-state index contributed by atoms with van der Waals surface area (Å²) in [6.07, 6.45) is 32.9. The largest absolute Gasteiger partial charge is 0.391 e. The number of amides is 1. The molecule has 7 nitrogen and oxygen atoms in total. The van der Waals surface area contributed by atoms with Crippen molar-refractivity contribution in [2.45, 2.75) is 225 Å². The van der Waals surface area contributed by atoms with E-state index in [1.165, 1.54) is 135 Å². The summed E-state index contributed by atoms with van der Waals surface area (Å²) in [7, 11) is -4.39. The summed E-state index contributed by atoms with van der Waals surface area (Å²) in [5.41, 5.74) is 0. The summed E-state index contributed by atoms with van der Waals surface area (Å²) in [4.78, 5) is 12.5. The predicted molar refractivity (Wildman–Crippen MR) is 190 cm³/mol. The molecule has 0 aliphatic rings. The highest BCUT2D eigenvalue weighted by Gasteiger charge is 2.28. The molecule has 0 aromatic rings. The molecule has 3 unspecified atom stereocenters. The van der Waals surface area contributed by atoms with Crippen LogP contribution in [0.5, 0.6) is 0 Å². The SMILES string of the molecule is CCCCCCCCCCCCCCCCCCCCCCC(O)C(=O)NC(CS(=O)(=O)O)C(O)CCCCCCCCCC. The lowest BCUT2D eigenvalue weighted by Gasteiger charge is -2.24. The minimum Gasteiger partial charge on any atom is -0.391 e. The van der Waals surface area contributed by atoms with Gasteiger partial charge in [-0.25, -0.2) is 0 Å². The van der Waals surface area contributed by atoms with Crippen LogP contribution in [0.2, 0.25) is 0 Å². The Morgan fingerprint density at radius 1 is 0.511 bits per heavy atom. The topological polar surface area (TPSA) is 124 Å². The highest BCUT2D eigenvalue weighted by atomic mass is 32.2. The molecule has 0 aromatic carbocycles. The Balaban J connectivity index is 3.85. The fraction of sp³-hybridized carbons (Fsp3) is 0.973. The van der Waals surface area contributed by atoms with Crippen molar-refractivity contribution in [1.82, 2.24) is 5.32 Å². The zero-order valence-electron chi connectivity index (χ0n) is 29.6. The lowest BCUT2D eigenvalue weighted by Crippen LogP contribution is -2.50. The van der Waals surface area contributed by atoms with Gasteiger partial charge in [0.15, 0.2) is 0 Å². The average Bonchev–Trinajstić information content (AvgIpc) is 3.00. The van der Waals surface area contributed by atoms with E-state index in [9.17, 15) is 28.0 Å². The van der Waals surface area contributed by atoms with Gasteiger partial charge in [0.05, 0.1) is 17.9 Å². The molecule has 0 radical (unpaired) electrons. The molecule has 0 aromatic heterocycles. The molecule has 0 saturated heterocycles. The normalized spacial score (nSPS) is 14.0. The fourth-order valence-corrected chi connectivity index (χ4v) is 6.93. The number of rotatable bonds is 35. The predicted octanol–water partition coefficient (Wildman–Crippen LogP) is 9.82. The number of hydrogen-bond donors (Lipinski definition) is 4. The number of hydrogen-bond acceptors (Lipinski definition) is 5. The Kier molecular flexibility index (Phi) is 31.4. The second kappa shape index (κ2) is 31.9. The van der Waals surface area contributed by atoms with Gasteiger partial charge in [-0.1, -0.05) is 194 Å². The standard InChI is InChI=1S/C37H75NO6S/c1-3-5-7-9-11-13-14-15-16-17-18-19-20-21-22-23-24-26-28-30-32-36(40)37(41)38-34(33-45(42,43)44)35(39)31-29-27-25-12-10-8-6-4-2/h34-36,39-40H,3-33H2,1-2H3,(H,38,41)(H,42,43,44). The Bertz CT molecular complexity index is 747. The molecule has 0 aliphatic heterocycles. The van der Waals surface area contributed by atoms with E-state index in [4.69, 9.17) is 0 Å². The van der Waals surface area contributed by atoms with Crippen LogP contribution in [0.4, 0.5) is 0 Å². The van der Waals surface area contributed by atoms with E-state index in [1.54, 1.807) is 0 Å². The van der Waals surface area contributed by atoms with E-state index in [0.717, 1.165) is 44.9 Å².